The Kier molecular flexibility index (Phi) is 2.88. The SMILES string of the molecule is CC1CC(N=C2NC3(CCOCC3)CS2)C1. The summed E-state index contributed by atoms with van der Waals surface area (Å²) in [5.74, 6) is 2.06. The van der Waals surface area contributed by atoms with Gasteiger partial charge in [0.1, 0.15) is 0 Å². The number of nitrogens with one attached hydrogen (secondary N) is 1. The number of hydrogen-bond donors (Lipinski definition) is 1. The van der Waals surface area contributed by atoms with Gasteiger partial charge in [-0.1, -0.05) is 18.7 Å². The average Bonchev–Trinajstić information content (AvgIpc) is 2.61. The van der Waals surface area contributed by atoms with Crippen molar-refractivity contribution in [2.24, 2.45) is 10.9 Å². The van der Waals surface area contributed by atoms with Crippen LogP contribution in [0.1, 0.15) is 32.6 Å². The largest absolute Gasteiger partial charge is 0.381 e. The molecule has 3 rings (SSSR count). The van der Waals surface area contributed by atoms with Gasteiger partial charge in [0.25, 0.3) is 0 Å². The van der Waals surface area contributed by atoms with Gasteiger partial charge in [-0.25, -0.2) is 0 Å². The van der Waals surface area contributed by atoms with Crippen LogP contribution in [0.4, 0.5) is 0 Å². The molecular weight excluding hydrogens is 220 g/mol. The molecule has 2 saturated heterocycles. The Labute approximate surface area is 101 Å². The normalized spacial score (nSPS) is 39.7. The van der Waals surface area contributed by atoms with Crippen LogP contribution in [-0.2, 0) is 4.74 Å². The van der Waals surface area contributed by atoms with E-state index in [1.807, 2.05) is 11.8 Å². The highest BCUT2D eigenvalue weighted by Gasteiger charge is 2.39. The van der Waals surface area contributed by atoms with Crippen molar-refractivity contribution in [3.8, 4) is 0 Å². The predicted molar refractivity (Wildman–Crippen MR) is 68.0 cm³/mol. The highest BCUT2D eigenvalue weighted by atomic mass is 32.2. The molecule has 1 spiro atoms. The molecule has 3 fully saturated rings. The molecule has 1 N–H and O–H groups in total. The van der Waals surface area contributed by atoms with Crippen LogP contribution in [0.5, 0.6) is 0 Å². The first-order chi connectivity index (χ1) is 7.76. The van der Waals surface area contributed by atoms with Gasteiger partial charge in [0.2, 0.25) is 0 Å². The third-order valence-corrected chi connectivity index (χ3v) is 5.13. The minimum absolute atomic E-state index is 0.303. The number of rotatable bonds is 1. The minimum atomic E-state index is 0.303. The maximum Gasteiger partial charge on any atom is 0.157 e. The fourth-order valence-electron chi connectivity index (χ4n) is 2.74. The highest BCUT2D eigenvalue weighted by Crippen LogP contribution is 2.34. The van der Waals surface area contributed by atoms with Gasteiger partial charge >= 0.3 is 0 Å². The van der Waals surface area contributed by atoms with Gasteiger partial charge in [0, 0.05) is 19.0 Å². The molecule has 1 aliphatic carbocycles. The van der Waals surface area contributed by atoms with E-state index < -0.39 is 0 Å². The quantitative estimate of drug-likeness (QED) is 0.761. The van der Waals surface area contributed by atoms with Crippen LogP contribution in [0.15, 0.2) is 4.99 Å². The molecule has 0 radical (unpaired) electrons. The number of nitrogens with zero attached hydrogens (tertiary/aromatic N) is 1. The van der Waals surface area contributed by atoms with Crippen molar-refractivity contribution >= 4 is 16.9 Å². The molecule has 0 unspecified atom stereocenters. The van der Waals surface area contributed by atoms with Crippen LogP contribution in [0.3, 0.4) is 0 Å². The fourth-order valence-corrected chi connectivity index (χ4v) is 4.02. The lowest BCUT2D eigenvalue weighted by atomic mass is 9.82. The molecule has 16 heavy (non-hydrogen) atoms. The molecule has 1 saturated carbocycles. The molecule has 0 atom stereocenters. The molecule has 0 aromatic carbocycles. The Bertz CT molecular complexity index is 293. The third kappa shape index (κ3) is 2.09. The van der Waals surface area contributed by atoms with Crippen molar-refractivity contribution in [3.63, 3.8) is 0 Å². The van der Waals surface area contributed by atoms with E-state index in [0.717, 1.165) is 32.0 Å². The molecule has 3 nitrogen and oxygen atoms in total. The maximum atomic E-state index is 5.43. The van der Waals surface area contributed by atoms with Gasteiger partial charge in [-0.05, 0) is 31.6 Å². The van der Waals surface area contributed by atoms with E-state index in [2.05, 4.69) is 12.2 Å². The lowest BCUT2D eigenvalue weighted by Crippen LogP contribution is -2.48. The Morgan fingerprint density at radius 1 is 1.38 bits per heavy atom. The Morgan fingerprint density at radius 2 is 2.12 bits per heavy atom. The first-order valence-corrected chi connectivity index (χ1v) is 7.31. The van der Waals surface area contributed by atoms with Gasteiger partial charge in [-0.15, -0.1) is 0 Å². The first-order valence-electron chi connectivity index (χ1n) is 6.32. The maximum absolute atomic E-state index is 5.43. The van der Waals surface area contributed by atoms with Crippen molar-refractivity contribution in [1.82, 2.24) is 5.32 Å². The Balaban J connectivity index is 1.59. The Hall–Kier alpha value is -0.220. The molecule has 90 valence electrons. The second kappa shape index (κ2) is 4.22. The molecule has 2 aliphatic heterocycles. The van der Waals surface area contributed by atoms with E-state index in [-0.39, 0.29) is 0 Å². The van der Waals surface area contributed by atoms with Gasteiger partial charge in [-0.2, -0.15) is 0 Å². The predicted octanol–water partition coefficient (Wildman–Crippen LogP) is 2.03. The molecule has 0 bridgehead atoms. The number of thioether (sulfide) groups is 1. The molecule has 3 aliphatic rings. The van der Waals surface area contributed by atoms with Gasteiger partial charge in [0.15, 0.2) is 5.17 Å². The lowest BCUT2D eigenvalue weighted by Gasteiger charge is -2.33. The minimum Gasteiger partial charge on any atom is -0.381 e. The smallest absolute Gasteiger partial charge is 0.157 e. The molecule has 0 aromatic rings. The average molecular weight is 240 g/mol. The summed E-state index contributed by atoms with van der Waals surface area (Å²) in [4.78, 5) is 4.81. The first kappa shape index (κ1) is 10.9. The van der Waals surface area contributed by atoms with Gasteiger partial charge in [0.05, 0.1) is 11.6 Å². The Morgan fingerprint density at radius 3 is 2.81 bits per heavy atom. The second-order valence-corrected chi connectivity index (χ2v) is 6.44. The summed E-state index contributed by atoms with van der Waals surface area (Å²) >= 11 is 1.91. The van der Waals surface area contributed by atoms with E-state index in [4.69, 9.17) is 9.73 Å². The number of ether oxygens (including phenoxy) is 1. The number of aliphatic imine (C=N–C) groups is 1. The van der Waals surface area contributed by atoms with Crippen molar-refractivity contribution in [2.75, 3.05) is 19.0 Å². The molecular formula is C12H20N2OS. The van der Waals surface area contributed by atoms with E-state index in [1.54, 1.807) is 0 Å². The van der Waals surface area contributed by atoms with E-state index in [1.165, 1.54) is 23.8 Å². The summed E-state index contributed by atoms with van der Waals surface area (Å²) in [6, 6.07) is 0.597. The fraction of sp³-hybridized carbons (Fsp3) is 0.917. The van der Waals surface area contributed by atoms with Crippen LogP contribution in [0, 0.1) is 5.92 Å². The van der Waals surface area contributed by atoms with E-state index in [9.17, 15) is 0 Å². The van der Waals surface area contributed by atoms with Crippen LogP contribution in [0.25, 0.3) is 0 Å². The van der Waals surface area contributed by atoms with Crippen molar-refractivity contribution in [3.05, 3.63) is 0 Å². The highest BCUT2D eigenvalue weighted by molar-refractivity contribution is 8.14. The van der Waals surface area contributed by atoms with Crippen molar-refractivity contribution < 1.29 is 4.74 Å². The number of hydrogen-bond acceptors (Lipinski definition) is 3. The zero-order valence-electron chi connectivity index (χ0n) is 9.87. The van der Waals surface area contributed by atoms with Crippen molar-refractivity contribution in [1.29, 1.82) is 0 Å². The second-order valence-electron chi connectivity index (χ2n) is 5.47. The molecule has 0 amide bonds. The monoisotopic (exact) mass is 240 g/mol. The van der Waals surface area contributed by atoms with E-state index >= 15 is 0 Å². The zero-order valence-corrected chi connectivity index (χ0v) is 10.7. The summed E-state index contributed by atoms with van der Waals surface area (Å²) in [6.45, 7) is 4.12. The van der Waals surface area contributed by atoms with Crippen LogP contribution in [0.2, 0.25) is 0 Å². The summed E-state index contributed by atoms with van der Waals surface area (Å²) in [5, 5.41) is 4.85. The number of amidine groups is 1. The van der Waals surface area contributed by atoms with E-state index in [0.29, 0.717) is 11.6 Å². The van der Waals surface area contributed by atoms with Crippen molar-refractivity contribution in [2.45, 2.75) is 44.2 Å². The van der Waals surface area contributed by atoms with Gasteiger partial charge < -0.3 is 10.1 Å². The molecule has 0 aromatic heterocycles. The van der Waals surface area contributed by atoms with Crippen LogP contribution >= 0.6 is 11.8 Å². The summed E-state index contributed by atoms with van der Waals surface area (Å²) in [7, 11) is 0. The topological polar surface area (TPSA) is 33.6 Å². The van der Waals surface area contributed by atoms with Gasteiger partial charge in [-0.3, -0.25) is 4.99 Å². The summed E-state index contributed by atoms with van der Waals surface area (Å²) in [5.41, 5.74) is 0.303. The third-order valence-electron chi connectivity index (χ3n) is 3.96. The van der Waals surface area contributed by atoms with Crippen LogP contribution in [-0.4, -0.2) is 35.7 Å². The lowest BCUT2D eigenvalue weighted by molar-refractivity contribution is 0.0555. The molecule has 4 heteroatoms. The summed E-state index contributed by atoms with van der Waals surface area (Å²) < 4.78 is 5.43. The van der Waals surface area contributed by atoms with Crippen LogP contribution < -0.4 is 5.32 Å². The standard InChI is InChI=1S/C12H20N2OS/c1-9-6-10(7-9)13-11-14-12(8-16-11)2-4-15-5-3-12/h9-10H,2-8H2,1H3,(H,13,14). The summed E-state index contributed by atoms with van der Waals surface area (Å²) in [6.07, 6.45) is 4.84. The molecule has 2 heterocycles. The zero-order chi connectivity index (χ0) is 11.0.